The molecule has 17 heavy (non-hydrogen) atoms. The van der Waals surface area contributed by atoms with Crippen molar-refractivity contribution < 1.29 is 9.53 Å². The first-order chi connectivity index (χ1) is 8.16. The van der Waals surface area contributed by atoms with Gasteiger partial charge in [0.2, 0.25) is 0 Å². The molecule has 92 valence electrons. The lowest BCUT2D eigenvalue weighted by Gasteiger charge is -2.10. The van der Waals surface area contributed by atoms with Crippen LogP contribution in [0.25, 0.3) is 0 Å². The van der Waals surface area contributed by atoms with Crippen LogP contribution in [0.1, 0.15) is 22.3 Å². The number of nitrogens with two attached hydrogens (primary N) is 1. The lowest BCUT2D eigenvalue weighted by Crippen LogP contribution is -2.29. The number of amides is 1. The molecule has 1 aliphatic heterocycles. The van der Waals surface area contributed by atoms with E-state index in [4.69, 9.17) is 10.5 Å². The maximum atomic E-state index is 11.9. The molecule has 1 saturated heterocycles. The average molecular weight is 234 g/mol. The van der Waals surface area contributed by atoms with Crippen molar-refractivity contribution in [2.45, 2.75) is 13.3 Å². The molecule has 4 nitrogen and oxygen atoms in total. The Morgan fingerprint density at radius 2 is 2.41 bits per heavy atom. The van der Waals surface area contributed by atoms with Crippen LogP contribution in [0.15, 0.2) is 18.2 Å². The summed E-state index contributed by atoms with van der Waals surface area (Å²) in [5.74, 6) is 0.380. The summed E-state index contributed by atoms with van der Waals surface area (Å²) in [5.41, 5.74) is 8.04. The minimum Gasteiger partial charge on any atom is -0.398 e. The highest BCUT2D eigenvalue weighted by Crippen LogP contribution is 2.14. The van der Waals surface area contributed by atoms with Gasteiger partial charge in [0.1, 0.15) is 0 Å². The molecule has 1 aromatic rings. The standard InChI is InChI=1S/C13H18N2O2/c1-9-2-3-11(6-12(9)14)13(16)15-7-10-4-5-17-8-10/h2-3,6,10H,4-5,7-8,14H2,1H3,(H,15,16). The molecule has 0 saturated carbocycles. The van der Waals surface area contributed by atoms with Crippen LogP contribution in [0.5, 0.6) is 0 Å². The van der Waals surface area contributed by atoms with E-state index in [-0.39, 0.29) is 5.91 Å². The predicted molar refractivity (Wildman–Crippen MR) is 66.9 cm³/mol. The van der Waals surface area contributed by atoms with Gasteiger partial charge in [0, 0.05) is 30.3 Å². The summed E-state index contributed by atoms with van der Waals surface area (Å²) in [5, 5.41) is 2.91. The van der Waals surface area contributed by atoms with E-state index in [1.54, 1.807) is 12.1 Å². The minimum absolute atomic E-state index is 0.0661. The van der Waals surface area contributed by atoms with Crippen molar-refractivity contribution in [3.63, 3.8) is 0 Å². The van der Waals surface area contributed by atoms with Crippen LogP contribution < -0.4 is 11.1 Å². The Morgan fingerprint density at radius 3 is 3.06 bits per heavy atom. The average Bonchev–Trinajstić information content (AvgIpc) is 2.82. The number of aryl methyl sites for hydroxylation is 1. The molecule has 1 fully saturated rings. The Labute approximate surface area is 101 Å². The van der Waals surface area contributed by atoms with Crippen LogP contribution in [0.2, 0.25) is 0 Å². The fourth-order valence-electron chi connectivity index (χ4n) is 1.87. The predicted octanol–water partition coefficient (Wildman–Crippen LogP) is 1.34. The highest BCUT2D eigenvalue weighted by Gasteiger charge is 2.16. The third-order valence-electron chi connectivity index (χ3n) is 3.12. The van der Waals surface area contributed by atoms with Crippen molar-refractivity contribution in [2.24, 2.45) is 5.92 Å². The van der Waals surface area contributed by atoms with Crippen LogP contribution in [0, 0.1) is 12.8 Å². The van der Waals surface area contributed by atoms with Gasteiger partial charge in [0.25, 0.3) is 5.91 Å². The van der Waals surface area contributed by atoms with Crippen molar-refractivity contribution in [1.82, 2.24) is 5.32 Å². The van der Waals surface area contributed by atoms with Crippen molar-refractivity contribution in [1.29, 1.82) is 0 Å². The molecule has 1 amide bonds. The van der Waals surface area contributed by atoms with E-state index in [1.165, 1.54) is 0 Å². The summed E-state index contributed by atoms with van der Waals surface area (Å²) in [7, 11) is 0. The number of benzene rings is 1. The van der Waals surface area contributed by atoms with Gasteiger partial charge in [0.15, 0.2) is 0 Å². The quantitative estimate of drug-likeness (QED) is 0.776. The van der Waals surface area contributed by atoms with Gasteiger partial charge < -0.3 is 15.8 Å². The third kappa shape index (κ3) is 2.97. The van der Waals surface area contributed by atoms with Crippen LogP contribution in [-0.2, 0) is 4.74 Å². The Kier molecular flexibility index (Phi) is 3.64. The molecule has 4 heteroatoms. The maximum absolute atomic E-state index is 11.9. The molecule has 0 radical (unpaired) electrons. The fourth-order valence-corrected chi connectivity index (χ4v) is 1.87. The second-order valence-corrected chi connectivity index (χ2v) is 4.51. The van der Waals surface area contributed by atoms with Gasteiger partial charge >= 0.3 is 0 Å². The summed E-state index contributed by atoms with van der Waals surface area (Å²) >= 11 is 0. The Morgan fingerprint density at radius 1 is 1.59 bits per heavy atom. The number of ether oxygens (including phenoxy) is 1. The van der Waals surface area contributed by atoms with Crippen LogP contribution in [0.3, 0.4) is 0 Å². The Hall–Kier alpha value is -1.55. The molecule has 1 aliphatic rings. The molecule has 0 spiro atoms. The highest BCUT2D eigenvalue weighted by atomic mass is 16.5. The van der Waals surface area contributed by atoms with E-state index in [1.807, 2.05) is 13.0 Å². The normalized spacial score (nSPS) is 19.2. The van der Waals surface area contributed by atoms with Gasteiger partial charge in [0.05, 0.1) is 6.61 Å². The summed E-state index contributed by atoms with van der Waals surface area (Å²) in [6.07, 6.45) is 1.02. The van der Waals surface area contributed by atoms with Gasteiger partial charge in [-0.15, -0.1) is 0 Å². The number of carbonyl (C=O) groups is 1. The zero-order chi connectivity index (χ0) is 12.3. The molecule has 3 N–H and O–H groups in total. The van der Waals surface area contributed by atoms with E-state index in [9.17, 15) is 4.79 Å². The molecule has 0 bridgehead atoms. The summed E-state index contributed by atoms with van der Waals surface area (Å²) in [6, 6.07) is 5.38. The lowest BCUT2D eigenvalue weighted by atomic mass is 10.1. The molecule has 1 aromatic carbocycles. The first kappa shape index (κ1) is 11.9. The Balaban J connectivity index is 1.92. The monoisotopic (exact) mass is 234 g/mol. The highest BCUT2D eigenvalue weighted by molar-refractivity contribution is 5.95. The molecule has 1 heterocycles. The third-order valence-corrected chi connectivity index (χ3v) is 3.12. The van der Waals surface area contributed by atoms with E-state index in [2.05, 4.69) is 5.32 Å². The van der Waals surface area contributed by atoms with Gasteiger partial charge in [-0.2, -0.15) is 0 Å². The molecule has 0 aromatic heterocycles. The van der Waals surface area contributed by atoms with Gasteiger partial charge in [-0.05, 0) is 31.0 Å². The summed E-state index contributed by atoms with van der Waals surface area (Å²) in [4.78, 5) is 11.9. The molecule has 1 unspecified atom stereocenters. The summed E-state index contributed by atoms with van der Waals surface area (Å²) < 4.78 is 5.26. The molecular formula is C13H18N2O2. The van der Waals surface area contributed by atoms with Crippen molar-refractivity contribution >= 4 is 11.6 Å². The molecular weight excluding hydrogens is 216 g/mol. The SMILES string of the molecule is Cc1ccc(C(=O)NCC2CCOC2)cc1N. The van der Waals surface area contributed by atoms with Gasteiger partial charge in [-0.1, -0.05) is 6.07 Å². The maximum Gasteiger partial charge on any atom is 0.251 e. The number of hydrogen-bond acceptors (Lipinski definition) is 3. The van der Waals surface area contributed by atoms with Crippen molar-refractivity contribution in [3.8, 4) is 0 Å². The number of hydrogen-bond donors (Lipinski definition) is 2. The van der Waals surface area contributed by atoms with E-state index >= 15 is 0 Å². The van der Waals surface area contributed by atoms with E-state index in [0.717, 1.165) is 25.2 Å². The first-order valence-corrected chi connectivity index (χ1v) is 5.89. The lowest BCUT2D eigenvalue weighted by molar-refractivity contribution is 0.0945. The van der Waals surface area contributed by atoms with Gasteiger partial charge in [-0.25, -0.2) is 0 Å². The minimum atomic E-state index is -0.0661. The van der Waals surface area contributed by atoms with Gasteiger partial charge in [-0.3, -0.25) is 4.79 Å². The molecule has 0 aliphatic carbocycles. The molecule has 2 rings (SSSR count). The molecule has 1 atom stereocenters. The van der Waals surface area contributed by atoms with Crippen LogP contribution in [-0.4, -0.2) is 25.7 Å². The zero-order valence-corrected chi connectivity index (χ0v) is 10.0. The van der Waals surface area contributed by atoms with Crippen molar-refractivity contribution in [2.75, 3.05) is 25.5 Å². The van der Waals surface area contributed by atoms with E-state index in [0.29, 0.717) is 23.7 Å². The largest absolute Gasteiger partial charge is 0.398 e. The number of carbonyl (C=O) groups excluding carboxylic acids is 1. The van der Waals surface area contributed by atoms with Crippen LogP contribution in [0.4, 0.5) is 5.69 Å². The van der Waals surface area contributed by atoms with E-state index < -0.39 is 0 Å². The second-order valence-electron chi connectivity index (χ2n) is 4.51. The number of nitrogen functional groups attached to an aromatic ring is 1. The first-order valence-electron chi connectivity index (χ1n) is 5.89. The summed E-state index contributed by atoms with van der Waals surface area (Å²) in [6.45, 7) is 4.15. The fraction of sp³-hybridized carbons (Fsp3) is 0.462. The smallest absolute Gasteiger partial charge is 0.251 e. The van der Waals surface area contributed by atoms with Crippen LogP contribution >= 0.6 is 0 Å². The Bertz CT molecular complexity index is 412. The topological polar surface area (TPSA) is 64.3 Å². The number of nitrogens with one attached hydrogen (secondary N) is 1. The second kappa shape index (κ2) is 5.19. The zero-order valence-electron chi connectivity index (χ0n) is 10.0. The van der Waals surface area contributed by atoms with Crippen molar-refractivity contribution in [3.05, 3.63) is 29.3 Å². The number of rotatable bonds is 3. The number of anilines is 1.